The first-order chi connectivity index (χ1) is 6.43. The molecule has 15 heavy (non-hydrogen) atoms. The molecule has 1 saturated heterocycles. The third kappa shape index (κ3) is 3.16. The second-order valence-electron chi connectivity index (χ2n) is 3.05. The van der Waals surface area contributed by atoms with Crippen LogP contribution in [0.4, 0.5) is 0 Å². The maximum atomic E-state index is 10.6. The monoisotopic (exact) mass is 227 g/mol. The van der Waals surface area contributed by atoms with E-state index in [1.54, 1.807) is 0 Å². The van der Waals surface area contributed by atoms with E-state index in [2.05, 4.69) is 5.32 Å². The Morgan fingerprint density at radius 3 is 1.80 bits per heavy atom. The molecular weight excluding hydrogens is 217 g/mol. The molecule has 0 aromatic rings. The van der Waals surface area contributed by atoms with Gasteiger partial charge in [-0.15, -0.1) is 0 Å². The number of aliphatic carboxylic acids is 3. The number of carboxylic acid groups (broad SMARTS) is 3. The number of rotatable bonds is 3. The zero-order valence-electron chi connectivity index (χ0n) is 7.01. The van der Waals surface area contributed by atoms with E-state index in [4.69, 9.17) is 15.3 Å². The van der Waals surface area contributed by atoms with Gasteiger partial charge in [0.05, 0.1) is 5.92 Å². The summed E-state index contributed by atoms with van der Waals surface area (Å²) in [6.07, 6.45) is -0.207. The van der Waals surface area contributed by atoms with Crippen LogP contribution in [0.5, 0.6) is 0 Å². The zero-order chi connectivity index (χ0) is 10.9. The molecule has 4 N–H and O–H groups in total. The van der Waals surface area contributed by atoms with Gasteiger partial charge >= 0.3 is 47.5 Å². The molecule has 3 unspecified atom stereocenters. The van der Waals surface area contributed by atoms with E-state index < -0.39 is 35.9 Å². The Morgan fingerprint density at radius 1 is 1.00 bits per heavy atom. The Labute approximate surface area is 107 Å². The summed E-state index contributed by atoms with van der Waals surface area (Å²) in [5.74, 6) is -5.07. The van der Waals surface area contributed by atoms with E-state index in [1.807, 2.05) is 0 Å². The van der Waals surface area contributed by atoms with Crippen molar-refractivity contribution in [3.8, 4) is 0 Å². The van der Waals surface area contributed by atoms with Crippen molar-refractivity contribution >= 4 is 47.5 Å². The van der Waals surface area contributed by atoms with Crippen molar-refractivity contribution in [1.29, 1.82) is 0 Å². The molecule has 0 aromatic carbocycles. The van der Waals surface area contributed by atoms with Crippen LogP contribution in [0.25, 0.3) is 0 Å². The maximum absolute atomic E-state index is 10.6. The summed E-state index contributed by atoms with van der Waals surface area (Å²) in [4.78, 5) is 31.6. The predicted molar refractivity (Wildman–Crippen MR) is 48.9 cm³/mol. The molecule has 7 nitrogen and oxygen atoms in total. The van der Waals surface area contributed by atoms with E-state index >= 15 is 0 Å². The van der Waals surface area contributed by atoms with Gasteiger partial charge in [0.25, 0.3) is 0 Å². The van der Waals surface area contributed by atoms with Crippen molar-refractivity contribution in [2.45, 2.75) is 18.5 Å². The molecule has 0 saturated carbocycles. The summed E-state index contributed by atoms with van der Waals surface area (Å²) in [6, 6.07) is -2.43. The molecule has 3 atom stereocenters. The topological polar surface area (TPSA) is 124 Å². The molecular formula is C7H10NNaO6. The van der Waals surface area contributed by atoms with Gasteiger partial charge in [0.15, 0.2) is 0 Å². The molecule has 0 aliphatic carbocycles. The molecule has 1 heterocycles. The summed E-state index contributed by atoms with van der Waals surface area (Å²) in [5.41, 5.74) is 0. The molecule has 80 valence electrons. The third-order valence-electron chi connectivity index (χ3n) is 2.15. The molecule has 1 rings (SSSR count). The standard InChI is InChI=1S/C7H9NO6.Na.H/c9-5(10)2-1-3(6(11)12)8-4(2)7(13)14;;/h2-4,8H,1H2,(H,9,10)(H,11,12)(H,13,14);;. The van der Waals surface area contributed by atoms with E-state index in [0.717, 1.165) is 0 Å². The molecule has 8 heteroatoms. The van der Waals surface area contributed by atoms with Gasteiger partial charge in [-0.1, -0.05) is 0 Å². The van der Waals surface area contributed by atoms with Crippen LogP contribution in [-0.4, -0.2) is 74.9 Å². The van der Waals surface area contributed by atoms with Crippen molar-refractivity contribution in [2.75, 3.05) is 0 Å². The first-order valence-corrected chi connectivity index (χ1v) is 3.88. The summed E-state index contributed by atoms with van der Waals surface area (Å²) in [7, 11) is 0. The number of carboxylic acids is 3. The van der Waals surface area contributed by atoms with Crippen molar-refractivity contribution in [3.63, 3.8) is 0 Å². The molecule has 1 aliphatic rings. The van der Waals surface area contributed by atoms with Crippen LogP contribution in [0.3, 0.4) is 0 Å². The minimum atomic E-state index is -1.35. The summed E-state index contributed by atoms with van der Waals surface area (Å²) >= 11 is 0. The molecule has 0 bridgehead atoms. The summed E-state index contributed by atoms with van der Waals surface area (Å²) in [6.45, 7) is 0. The molecule has 0 radical (unpaired) electrons. The van der Waals surface area contributed by atoms with E-state index in [1.165, 1.54) is 0 Å². The van der Waals surface area contributed by atoms with Gasteiger partial charge in [0.1, 0.15) is 12.1 Å². The van der Waals surface area contributed by atoms with Crippen LogP contribution in [0.1, 0.15) is 6.42 Å². The Morgan fingerprint density at radius 2 is 1.53 bits per heavy atom. The molecule has 0 spiro atoms. The molecule has 0 amide bonds. The minimum absolute atomic E-state index is 0. The van der Waals surface area contributed by atoms with E-state index in [9.17, 15) is 14.4 Å². The normalized spacial score (nSPS) is 29.2. The number of carbonyl (C=O) groups is 3. The van der Waals surface area contributed by atoms with Crippen LogP contribution >= 0.6 is 0 Å². The van der Waals surface area contributed by atoms with Crippen molar-refractivity contribution in [2.24, 2.45) is 5.92 Å². The fourth-order valence-corrected chi connectivity index (χ4v) is 1.45. The van der Waals surface area contributed by atoms with Crippen molar-refractivity contribution in [1.82, 2.24) is 5.32 Å². The molecule has 1 aliphatic heterocycles. The van der Waals surface area contributed by atoms with E-state index in [0.29, 0.717) is 0 Å². The van der Waals surface area contributed by atoms with Crippen molar-refractivity contribution < 1.29 is 29.7 Å². The summed E-state index contributed by atoms with van der Waals surface area (Å²) in [5, 5.41) is 28.1. The van der Waals surface area contributed by atoms with E-state index in [-0.39, 0.29) is 36.0 Å². The van der Waals surface area contributed by atoms with Gasteiger partial charge in [0, 0.05) is 0 Å². The Balaban J connectivity index is 0.00000196. The third-order valence-corrected chi connectivity index (χ3v) is 2.15. The zero-order valence-corrected chi connectivity index (χ0v) is 7.01. The molecule has 1 fully saturated rings. The van der Waals surface area contributed by atoms with Crippen LogP contribution in [-0.2, 0) is 14.4 Å². The molecule has 0 aromatic heterocycles. The first kappa shape index (κ1) is 14.4. The van der Waals surface area contributed by atoms with Crippen LogP contribution in [0, 0.1) is 5.92 Å². The second kappa shape index (κ2) is 5.45. The van der Waals surface area contributed by atoms with Crippen molar-refractivity contribution in [3.05, 3.63) is 0 Å². The van der Waals surface area contributed by atoms with Gasteiger partial charge in [-0.05, 0) is 6.42 Å². The first-order valence-electron chi connectivity index (χ1n) is 3.88. The quantitative estimate of drug-likeness (QED) is 0.408. The predicted octanol–water partition coefficient (Wildman–Crippen LogP) is -2.06. The average molecular weight is 227 g/mol. The number of hydrogen-bond acceptors (Lipinski definition) is 4. The van der Waals surface area contributed by atoms with Gasteiger partial charge in [0.2, 0.25) is 0 Å². The average Bonchev–Trinajstić information content (AvgIpc) is 2.47. The second-order valence-corrected chi connectivity index (χ2v) is 3.05. The fraction of sp³-hybridized carbons (Fsp3) is 0.571. The Kier molecular flexibility index (Phi) is 5.22. The van der Waals surface area contributed by atoms with Crippen LogP contribution in [0.15, 0.2) is 0 Å². The Hall–Kier alpha value is -0.630. The summed E-state index contributed by atoms with van der Waals surface area (Å²) < 4.78 is 0. The number of hydrogen-bond donors (Lipinski definition) is 4. The van der Waals surface area contributed by atoms with Gasteiger partial charge in [-0.25, -0.2) is 0 Å². The fourth-order valence-electron chi connectivity index (χ4n) is 1.45. The number of nitrogens with one attached hydrogen (secondary N) is 1. The van der Waals surface area contributed by atoms with Gasteiger partial charge < -0.3 is 15.3 Å². The van der Waals surface area contributed by atoms with Gasteiger partial charge in [-0.3, -0.25) is 19.7 Å². The SMILES string of the molecule is O=C(O)C1CC(C(=O)O)C(C(=O)O)N1.[NaH]. The van der Waals surface area contributed by atoms with Crippen LogP contribution < -0.4 is 5.32 Å². The van der Waals surface area contributed by atoms with Gasteiger partial charge in [-0.2, -0.15) is 0 Å². The Bertz CT molecular complexity index is 271. The van der Waals surface area contributed by atoms with Crippen LogP contribution in [0.2, 0.25) is 0 Å².